The Morgan fingerprint density at radius 2 is 1.74 bits per heavy atom. The van der Waals surface area contributed by atoms with Crippen molar-refractivity contribution in [1.82, 2.24) is 24.1 Å². The van der Waals surface area contributed by atoms with Crippen molar-refractivity contribution in [3.8, 4) is 22.5 Å². The molecule has 0 saturated heterocycles. The van der Waals surface area contributed by atoms with Gasteiger partial charge in [-0.25, -0.2) is 19.7 Å². The summed E-state index contributed by atoms with van der Waals surface area (Å²) in [5, 5.41) is 9.60. The molecular weight excluding hydrogens is 486 g/mol. The van der Waals surface area contributed by atoms with Gasteiger partial charge >= 0.3 is 5.97 Å². The number of hydrogen-bond donors (Lipinski definition) is 1. The molecule has 3 heterocycles. The van der Waals surface area contributed by atoms with Gasteiger partial charge in [0.25, 0.3) is 0 Å². The van der Waals surface area contributed by atoms with Crippen LogP contribution in [-0.2, 0) is 20.0 Å². The Morgan fingerprint density at radius 3 is 2.49 bits per heavy atom. The second-order valence-electron chi connectivity index (χ2n) is 9.91. The van der Waals surface area contributed by atoms with Crippen molar-refractivity contribution < 1.29 is 9.90 Å². The molecule has 194 valence electrons. The Morgan fingerprint density at radius 1 is 0.949 bits per heavy atom. The van der Waals surface area contributed by atoms with Gasteiger partial charge in [-0.1, -0.05) is 49.4 Å². The van der Waals surface area contributed by atoms with Gasteiger partial charge in [0.15, 0.2) is 5.65 Å². The monoisotopic (exact) mass is 515 g/mol. The fraction of sp³-hybridized carbons (Fsp3) is 0.188. The summed E-state index contributed by atoms with van der Waals surface area (Å²) in [6, 6.07) is 23.5. The number of aromatic carboxylic acids is 1. The highest BCUT2D eigenvalue weighted by atomic mass is 16.4. The summed E-state index contributed by atoms with van der Waals surface area (Å²) in [7, 11) is 2.00. The van der Waals surface area contributed by atoms with E-state index in [2.05, 4.69) is 47.7 Å². The minimum Gasteiger partial charge on any atom is -0.478 e. The summed E-state index contributed by atoms with van der Waals surface area (Å²) >= 11 is 0. The summed E-state index contributed by atoms with van der Waals surface area (Å²) in [6.45, 7) is 4.94. The largest absolute Gasteiger partial charge is 0.478 e. The second-order valence-corrected chi connectivity index (χ2v) is 9.91. The molecule has 0 aliphatic rings. The quantitative estimate of drug-likeness (QED) is 0.257. The number of aromatic nitrogens is 5. The molecule has 0 atom stereocenters. The Balaban J connectivity index is 1.42. The number of carboxylic acid groups (broad SMARTS) is 1. The van der Waals surface area contributed by atoms with Crippen LogP contribution in [0.5, 0.6) is 0 Å². The number of fused-ring (bicyclic) bond motifs is 2. The molecule has 39 heavy (non-hydrogen) atoms. The van der Waals surface area contributed by atoms with Crippen LogP contribution < -0.4 is 0 Å². The van der Waals surface area contributed by atoms with Crippen LogP contribution in [0.3, 0.4) is 0 Å². The van der Waals surface area contributed by atoms with Crippen LogP contribution in [0.2, 0.25) is 0 Å². The Hall–Kier alpha value is -4.78. The SMILES string of the molecule is CCCc1nc2c(C)cc(-c3nc4cccnc4n3C)cc2n1Cc1ccc(-c2ccccc2C(=O)O)cc1. The molecule has 0 aliphatic carbocycles. The van der Waals surface area contributed by atoms with Crippen molar-refractivity contribution >= 4 is 28.2 Å². The van der Waals surface area contributed by atoms with Gasteiger partial charge in [0.1, 0.15) is 17.2 Å². The van der Waals surface area contributed by atoms with Crippen LogP contribution >= 0.6 is 0 Å². The van der Waals surface area contributed by atoms with E-state index in [1.807, 2.05) is 48.0 Å². The fourth-order valence-corrected chi connectivity index (χ4v) is 5.34. The van der Waals surface area contributed by atoms with Gasteiger partial charge in [-0.3, -0.25) is 0 Å². The molecule has 0 fully saturated rings. The number of carboxylic acids is 1. The first-order valence-corrected chi connectivity index (χ1v) is 13.1. The third kappa shape index (κ3) is 4.36. The van der Waals surface area contributed by atoms with Crippen molar-refractivity contribution in [2.45, 2.75) is 33.2 Å². The van der Waals surface area contributed by atoms with Crippen LogP contribution in [-0.4, -0.2) is 35.2 Å². The van der Waals surface area contributed by atoms with E-state index in [0.717, 1.165) is 68.9 Å². The number of pyridine rings is 1. The minimum absolute atomic E-state index is 0.302. The number of nitrogens with zero attached hydrogens (tertiary/aromatic N) is 5. The molecule has 0 aliphatic heterocycles. The van der Waals surface area contributed by atoms with Gasteiger partial charge in [0.2, 0.25) is 0 Å². The average Bonchev–Trinajstić information content (AvgIpc) is 3.47. The summed E-state index contributed by atoms with van der Waals surface area (Å²) in [4.78, 5) is 26.1. The molecular formula is C32H29N5O2. The summed E-state index contributed by atoms with van der Waals surface area (Å²) < 4.78 is 4.34. The van der Waals surface area contributed by atoms with Crippen molar-refractivity contribution in [1.29, 1.82) is 0 Å². The molecule has 0 spiro atoms. The van der Waals surface area contributed by atoms with E-state index in [9.17, 15) is 9.90 Å². The van der Waals surface area contributed by atoms with Crippen LogP contribution in [0.25, 0.3) is 44.7 Å². The van der Waals surface area contributed by atoms with Crippen LogP contribution in [0.15, 0.2) is 79.0 Å². The maximum atomic E-state index is 11.7. The first kappa shape index (κ1) is 24.6. The molecule has 0 amide bonds. The van der Waals surface area contributed by atoms with Crippen molar-refractivity contribution in [3.63, 3.8) is 0 Å². The second kappa shape index (κ2) is 9.83. The highest BCUT2D eigenvalue weighted by Gasteiger charge is 2.18. The molecule has 1 N–H and O–H groups in total. The lowest BCUT2D eigenvalue weighted by Gasteiger charge is -2.12. The van der Waals surface area contributed by atoms with Gasteiger partial charge < -0.3 is 14.2 Å². The molecule has 3 aromatic carbocycles. The Kier molecular flexibility index (Phi) is 6.19. The Labute approximate surface area is 226 Å². The summed E-state index contributed by atoms with van der Waals surface area (Å²) in [6.07, 6.45) is 3.67. The first-order valence-electron chi connectivity index (χ1n) is 13.1. The molecule has 3 aromatic heterocycles. The maximum absolute atomic E-state index is 11.7. The highest BCUT2D eigenvalue weighted by molar-refractivity contribution is 5.96. The normalized spacial score (nSPS) is 11.5. The number of imidazole rings is 2. The van der Waals surface area contributed by atoms with Gasteiger partial charge in [-0.2, -0.15) is 0 Å². The number of hydrogen-bond acceptors (Lipinski definition) is 4. The van der Waals surface area contributed by atoms with Gasteiger partial charge in [0, 0.05) is 31.8 Å². The smallest absolute Gasteiger partial charge is 0.336 e. The van der Waals surface area contributed by atoms with Crippen LogP contribution in [0.1, 0.15) is 40.7 Å². The molecule has 0 saturated carbocycles. The molecule has 0 bridgehead atoms. The van der Waals surface area contributed by atoms with Crippen molar-refractivity contribution in [2.24, 2.45) is 7.05 Å². The molecule has 7 heteroatoms. The Bertz CT molecular complexity index is 1850. The zero-order chi connectivity index (χ0) is 27.1. The molecule has 6 rings (SSSR count). The molecule has 6 aromatic rings. The maximum Gasteiger partial charge on any atom is 0.336 e. The predicted octanol–water partition coefficient (Wildman–Crippen LogP) is 6.66. The predicted molar refractivity (Wildman–Crippen MR) is 154 cm³/mol. The van der Waals surface area contributed by atoms with Crippen molar-refractivity contribution in [2.75, 3.05) is 0 Å². The third-order valence-corrected chi connectivity index (χ3v) is 7.25. The highest BCUT2D eigenvalue weighted by Crippen LogP contribution is 2.31. The number of rotatable bonds is 7. The fourth-order valence-electron chi connectivity index (χ4n) is 5.34. The van der Waals surface area contributed by atoms with Crippen LogP contribution in [0, 0.1) is 6.92 Å². The van der Waals surface area contributed by atoms with Gasteiger partial charge in [-0.05, 0) is 65.9 Å². The van der Waals surface area contributed by atoms with Crippen molar-refractivity contribution in [3.05, 3.63) is 102 Å². The zero-order valence-corrected chi connectivity index (χ0v) is 22.2. The van der Waals surface area contributed by atoms with Crippen LogP contribution in [0.4, 0.5) is 0 Å². The molecule has 0 unspecified atom stereocenters. The van der Waals surface area contributed by atoms with Gasteiger partial charge in [-0.15, -0.1) is 0 Å². The number of benzene rings is 3. The van der Waals surface area contributed by atoms with E-state index in [1.54, 1.807) is 18.3 Å². The first-order chi connectivity index (χ1) is 18.9. The number of carbonyl (C=O) groups is 1. The van der Waals surface area contributed by atoms with Gasteiger partial charge in [0.05, 0.1) is 16.6 Å². The summed E-state index contributed by atoms with van der Waals surface area (Å²) in [5.41, 5.74) is 8.98. The standard InChI is InChI=1S/C32H29N5O2/c1-4-8-28-35-29-20(2)17-23(30-34-26-11-7-16-33-31(26)36(30)3)18-27(29)37(28)19-21-12-14-22(15-13-21)24-9-5-6-10-25(24)32(38)39/h5-7,9-18H,4,8,19H2,1-3H3,(H,38,39). The van der Waals surface area contributed by atoms with E-state index in [-0.39, 0.29) is 0 Å². The number of aryl methyl sites for hydroxylation is 3. The molecule has 7 nitrogen and oxygen atoms in total. The molecule has 0 radical (unpaired) electrons. The minimum atomic E-state index is -0.925. The lowest BCUT2D eigenvalue weighted by Crippen LogP contribution is -2.05. The average molecular weight is 516 g/mol. The van der Waals surface area contributed by atoms with E-state index in [1.165, 1.54) is 0 Å². The van der Waals surface area contributed by atoms with E-state index in [0.29, 0.717) is 17.7 Å². The zero-order valence-electron chi connectivity index (χ0n) is 22.2. The lowest BCUT2D eigenvalue weighted by atomic mass is 9.98. The third-order valence-electron chi connectivity index (χ3n) is 7.25. The topological polar surface area (TPSA) is 85.8 Å². The summed E-state index contributed by atoms with van der Waals surface area (Å²) in [5.74, 6) is 1.01. The van der Waals surface area contributed by atoms with E-state index in [4.69, 9.17) is 9.97 Å². The van der Waals surface area contributed by atoms with E-state index < -0.39 is 5.97 Å². The van der Waals surface area contributed by atoms with E-state index >= 15 is 0 Å². The lowest BCUT2D eigenvalue weighted by molar-refractivity contribution is 0.0697.